The van der Waals surface area contributed by atoms with Crippen LogP contribution in [0, 0.1) is 11.8 Å². The van der Waals surface area contributed by atoms with Gasteiger partial charge in [-0.3, -0.25) is 14.4 Å². The monoisotopic (exact) mass is 365 g/mol. The molecule has 1 fully saturated rings. The summed E-state index contributed by atoms with van der Waals surface area (Å²) in [4.78, 5) is 37.8. The number of carbonyl (C=O) groups excluding carboxylic acids is 3. The number of anilines is 2. The Morgan fingerprint density at radius 1 is 0.963 bits per heavy atom. The van der Waals surface area contributed by atoms with Crippen molar-refractivity contribution in [3.8, 4) is 0 Å². The summed E-state index contributed by atoms with van der Waals surface area (Å²) in [6.07, 6.45) is 0.565. The van der Waals surface area contributed by atoms with Gasteiger partial charge in [-0.2, -0.15) is 0 Å². The van der Waals surface area contributed by atoms with Crippen molar-refractivity contribution in [1.29, 1.82) is 0 Å². The molecule has 0 spiro atoms. The van der Waals surface area contributed by atoms with Gasteiger partial charge in [0.25, 0.3) is 0 Å². The highest BCUT2D eigenvalue weighted by Crippen LogP contribution is 2.41. The predicted octanol–water partition coefficient (Wildman–Crippen LogP) is 2.88. The topological polar surface area (TPSA) is 78.5 Å². The van der Waals surface area contributed by atoms with E-state index in [2.05, 4.69) is 10.6 Å². The fourth-order valence-corrected chi connectivity index (χ4v) is 3.09. The summed E-state index contributed by atoms with van der Waals surface area (Å²) in [6.45, 7) is 1.96. The Morgan fingerprint density at radius 2 is 1.63 bits per heavy atom. The lowest BCUT2D eigenvalue weighted by atomic mass is 10.2. The minimum absolute atomic E-state index is 0.00833. The second-order valence-corrected chi connectivity index (χ2v) is 6.88. The molecule has 2 aromatic rings. The summed E-state index contributed by atoms with van der Waals surface area (Å²) < 4.78 is 0. The summed E-state index contributed by atoms with van der Waals surface area (Å²) in [5.41, 5.74) is 2.28. The zero-order valence-electron chi connectivity index (χ0n) is 15.4. The second kappa shape index (κ2) is 8.03. The van der Waals surface area contributed by atoms with Crippen LogP contribution in [0.5, 0.6) is 0 Å². The number of hydrogen-bond acceptors (Lipinski definition) is 3. The summed E-state index contributed by atoms with van der Waals surface area (Å²) >= 11 is 0. The van der Waals surface area contributed by atoms with Crippen molar-refractivity contribution in [3.05, 3.63) is 60.2 Å². The highest BCUT2D eigenvalue weighted by atomic mass is 16.2. The Kier molecular flexibility index (Phi) is 5.54. The highest BCUT2D eigenvalue weighted by Gasteiger charge is 2.49. The van der Waals surface area contributed by atoms with Gasteiger partial charge in [0.1, 0.15) is 0 Å². The third-order valence-corrected chi connectivity index (χ3v) is 4.53. The Hall–Kier alpha value is -3.15. The lowest BCUT2D eigenvalue weighted by Crippen LogP contribution is -2.29. The number of nitrogens with one attached hydrogen (secondary N) is 2. The van der Waals surface area contributed by atoms with E-state index in [9.17, 15) is 14.4 Å². The Bertz CT molecular complexity index is 851. The second-order valence-electron chi connectivity index (χ2n) is 6.88. The summed E-state index contributed by atoms with van der Waals surface area (Å²) in [6, 6.07) is 16.7. The van der Waals surface area contributed by atoms with Crippen LogP contribution in [-0.4, -0.2) is 29.7 Å². The molecule has 0 bridgehead atoms. The fourth-order valence-electron chi connectivity index (χ4n) is 3.09. The molecule has 3 amide bonds. The van der Waals surface area contributed by atoms with Crippen LogP contribution in [0.4, 0.5) is 11.4 Å². The fraction of sp³-hybridized carbons (Fsp3) is 0.286. The van der Waals surface area contributed by atoms with Gasteiger partial charge in [0, 0.05) is 31.9 Å². The van der Waals surface area contributed by atoms with Crippen LogP contribution in [0.15, 0.2) is 54.6 Å². The Morgan fingerprint density at radius 3 is 2.30 bits per heavy atom. The van der Waals surface area contributed by atoms with Crippen LogP contribution < -0.4 is 10.6 Å². The summed E-state index contributed by atoms with van der Waals surface area (Å²) in [5.74, 6) is -0.919. The lowest BCUT2D eigenvalue weighted by molar-refractivity contribution is -0.133. The first-order valence-corrected chi connectivity index (χ1v) is 8.91. The van der Waals surface area contributed by atoms with E-state index in [0.717, 1.165) is 5.56 Å². The molecule has 6 heteroatoms. The van der Waals surface area contributed by atoms with Crippen LogP contribution in [0.3, 0.4) is 0 Å². The van der Waals surface area contributed by atoms with Crippen molar-refractivity contribution in [2.75, 3.05) is 17.7 Å². The van der Waals surface area contributed by atoms with Crippen molar-refractivity contribution in [2.24, 2.45) is 11.8 Å². The smallest absolute Gasteiger partial charge is 0.228 e. The van der Waals surface area contributed by atoms with Crippen LogP contribution >= 0.6 is 0 Å². The first kappa shape index (κ1) is 18.6. The quantitative estimate of drug-likeness (QED) is 0.826. The van der Waals surface area contributed by atoms with E-state index in [4.69, 9.17) is 0 Å². The number of benzene rings is 2. The molecule has 2 unspecified atom stereocenters. The van der Waals surface area contributed by atoms with Crippen LogP contribution in [0.2, 0.25) is 0 Å². The predicted molar refractivity (Wildman–Crippen MR) is 104 cm³/mol. The van der Waals surface area contributed by atoms with E-state index in [1.165, 1.54) is 6.92 Å². The molecule has 0 radical (unpaired) electrons. The molecule has 2 N–H and O–H groups in total. The molecule has 0 saturated heterocycles. The minimum atomic E-state index is -0.305. The van der Waals surface area contributed by atoms with Crippen molar-refractivity contribution in [2.45, 2.75) is 19.9 Å². The molecule has 0 aromatic heterocycles. The van der Waals surface area contributed by atoms with Crippen molar-refractivity contribution in [1.82, 2.24) is 4.90 Å². The molecule has 6 nitrogen and oxygen atoms in total. The standard InChI is InChI=1S/C21H23N3O3/c1-14(25)22-16-9-6-10-17(11-16)23-20(26)18-12-19(18)21(27)24(2)13-15-7-4-3-5-8-15/h3-11,18-19H,12-13H2,1-2H3,(H,22,25)(H,23,26). The maximum absolute atomic E-state index is 12.6. The van der Waals surface area contributed by atoms with Gasteiger partial charge < -0.3 is 15.5 Å². The number of carbonyl (C=O) groups is 3. The molecule has 1 aliphatic carbocycles. The average molecular weight is 365 g/mol. The van der Waals surface area contributed by atoms with E-state index in [1.807, 2.05) is 30.3 Å². The molecule has 3 rings (SSSR count). The molecular formula is C21H23N3O3. The van der Waals surface area contributed by atoms with Gasteiger partial charge in [-0.05, 0) is 30.2 Å². The molecule has 0 aliphatic heterocycles. The molecule has 2 atom stereocenters. The minimum Gasteiger partial charge on any atom is -0.341 e. The molecule has 140 valence electrons. The zero-order chi connectivity index (χ0) is 19.4. The highest BCUT2D eigenvalue weighted by molar-refractivity contribution is 6.00. The first-order chi connectivity index (χ1) is 12.9. The maximum atomic E-state index is 12.6. The van der Waals surface area contributed by atoms with E-state index in [0.29, 0.717) is 24.3 Å². The van der Waals surface area contributed by atoms with Crippen LogP contribution in [0.25, 0.3) is 0 Å². The van der Waals surface area contributed by atoms with Gasteiger partial charge in [-0.1, -0.05) is 36.4 Å². The number of amides is 3. The van der Waals surface area contributed by atoms with E-state index in [-0.39, 0.29) is 29.6 Å². The molecular weight excluding hydrogens is 342 g/mol. The van der Waals surface area contributed by atoms with Crippen LogP contribution in [-0.2, 0) is 20.9 Å². The Labute approximate surface area is 158 Å². The normalized spacial score (nSPS) is 17.7. The summed E-state index contributed by atoms with van der Waals surface area (Å²) in [5, 5.41) is 5.51. The number of hydrogen-bond donors (Lipinski definition) is 2. The van der Waals surface area contributed by atoms with Gasteiger partial charge in [-0.25, -0.2) is 0 Å². The summed E-state index contributed by atoms with van der Waals surface area (Å²) in [7, 11) is 1.76. The van der Waals surface area contributed by atoms with E-state index < -0.39 is 0 Å². The first-order valence-electron chi connectivity index (χ1n) is 8.91. The van der Waals surface area contributed by atoms with Gasteiger partial charge in [0.2, 0.25) is 17.7 Å². The van der Waals surface area contributed by atoms with Crippen LogP contribution in [0.1, 0.15) is 18.9 Å². The molecule has 2 aromatic carbocycles. The van der Waals surface area contributed by atoms with Gasteiger partial charge in [0.05, 0.1) is 11.8 Å². The SMILES string of the molecule is CC(=O)Nc1cccc(NC(=O)C2CC2C(=O)N(C)Cc2ccccc2)c1. The van der Waals surface area contributed by atoms with E-state index in [1.54, 1.807) is 36.2 Å². The van der Waals surface area contributed by atoms with E-state index >= 15 is 0 Å². The van der Waals surface area contributed by atoms with Crippen molar-refractivity contribution < 1.29 is 14.4 Å². The molecule has 1 aliphatic rings. The van der Waals surface area contributed by atoms with Gasteiger partial charge in [-0.15, -0.1) is 0 Å². The third-order valence-electron chi connectivity index (χ3n) is 4.53. The van der Waals surface area contributed by atoms with Gasteiger partial charge in [0.15, 0.2) is 0 Å². The van der Waals surface area contributed by atoms with Crippen molar-refractivity contribution in [3.63, 3.8) is 0 Å². The molecule has 0 heterocycles. The molecule has 1 saturated carbocycles. The maximum Gasteiger partial charge on any atom is 0.228 e. The Balaban J connectivity index is 1.54. The number of rotatable bonds is 6. The van der Waals surface area contributed by atoms with Gasteiger partial charge >= 0.3 is 0 Å². The largest absolute Gasteiger partial charge is 0.341 e. The third kappa shape index (κ3) is 4.94. The van der Waals surface area contributed by atoms with Crippen molar-refractivity contribution >= 4 is 29.1 Å². The lowest BCUT2D eigenvalue weighted by Gasteiger charge is -2.17. The average Bonchev–Trinajstić information content (AvgIpc) is 3.42. The zero-order valence-corrected chi connectivity index (χ0v) is 15.4. The number of nitrogens with zero attached hydrogens (tertiary/aromatic N) is 1. The molecule has 27 heavy (non-hydrogen) atoms.